The van der Waals surface area contributed by atoms with Gasteiger partial charge < -0.3 is 14.6 Å². The van der Waals surface area contributed by atoms with Crippen molar-refractivity contribution in [2.45, 2.75) is 6.61 Å². The molecule has 4 nitrogen and oxygen atoms in total. The van der Waals surface area contributed by atoms with E-state index in [0.29, 0.717) is 0 Å². The molecule has 0 saturated heterocycles. The van der Waals surface area contributed by atoms with Gasteiger partial charge in [-0.2, -0.15) is 0 Å². The van der Waals surface area contributed by atoms with Gasteiger partial charge in [0.25, 0.3) is 0 Å². The van der Waals surface area contributed by atoms with Crippen molar-refractivity contribution in [3.05, 3.63) is 42.7 Å². The van der Waals surface area contributed by atoms with Gasteiger partial charge >= 0.3 is 6.16 Å². The second kappa shape index (κ2) is 4.91. The summed E-state index contributed by atoms with van der Waals surface area (Å²) in [6.45, 7) is 3.32. The molecule has 0 heterocycles. The summed E-state index contributed by atoms with van der Waals surface area (Å²) >= 11 is 0. The van der Waals surface area contributed by atoms with Gasteiger partial charge in [-0.25, -0.2) is 4.79 Å². The molecule has 0 aromatic heterocycles. The standard InChI is InChI=1S/C10H10O4/c1-2-13-10(12)14-7-8-3-5-9(11)6-4-8/h2-6,11H,1,7H2. The Morgan fingerprint density at radius 3 is 2.64 bits per heavy atom. The zero-order valence-corrected chi connectivity index (χ0v) is 7.47. The quantitative estimate of drug-likeness (QED) is 0.592. The van der Waals surface area contributed by atoms with E-state index >= 15 is 0 Å². The number of phenolic OH excluding ortho intramolecular Hbond substituents is 1. The van der Waals surface area contributed by atoms with Crippen LogP contribution in [-0.4, -0.2) is 11.3 Å². The summed E-state index contributed by atoms with van der Waals surface area (Å²) in [4.78, 5) is 10.7. The van der Waals surface area contributed by atoms with Crippen molar-refractivity contribution >= 4 is 6.16 Å². The summed E-state index contributed by atoms with van der Waals surface area (Å²) < 4.78 is 9.03. The molecule has 0 aliphatic carbocycles. The Labute approximate surface area is 81.4 Å². The fourth-order valence-electron chi connectivity index (χ4n) is 0.836. The lowest BCUT2D eigenvalue weighted by Gasteiger charge is -2.02. The average Bonchev–Trinajstić information content (AvgIpc) is 2.17. The number of aromatic hydroxyl groups is 1. The lowest BCUT2D eigenvalue weighted by Crippen LogP contribution is -2.03. The second-order valence-electron chi connectivity index (χ2n) is 2.49. The van der Waals surface area contributed by atoms with E-state index in [1.165, 1.54) is 12.1 Å². The van der Waals surface area contributed by atoms with Crippen molar-refractivity contribution in [2.24, 2.45) is 0 Å². The minimum absolute atomic E-state index is 0.104. The summed E-state index contributed by atoms with van der Waals surface area (Å²) in [6.07, 6.45) is 0.201. The van der Waals surface area contributed by atoms with Gasteiger partial charge in [-0.1, -0.05) is 18.7 Å². The minimum Gasteiger partial charge on any atom is -0.508 e. The Morgan fingerprint density at radius 1 is 1.43 bits per heavy atom. The van der Waals surface area contributed by atoms with Crippen LogP contribution < -0.4 is 0 Å². The monoisotopic (exact) mass is 194 g/mol. The molecule has 1 rings (SSSR count). The number of hydrogen-bond donors (Lipinski definition) is 1. The van der Waals surface area contributed by atoms with Gasteiger partial charge in [0.2, 0.25) is 0 Å². The van der Waals surface area contributed by atoms with E-state index in [1.54, 1.807) is 12.1 Å². The number of benzene rings is 1. The predicted molar refractivity (Wildman–Crippen MR) is 49.6 cm³/mol. The first-order chi connectivity index (χ1) is 6.72. The molecule has 74 valence electrons. The van der Waals surface area contributed by atoms with Crippen LogP contribution >= 0.6 is 0 Å². The molecule has 0 amide bonds. The third-order valence-corrected chi connectivity index (χ3v) is 1.47. The van der Waals surface area contributed by atoms with Crippen LogP contribution in [0.5, 0.6) is 5.75 Å². The number of rotatable bonds is 3. The highest BCUT2D eigenvalue weighted by atomic mass is 16.7. The van der Waals surface area contributed by atoms with Crippen molar-refractivity contribution in [2.75, 3.05) is 0 Å². The zero-order valence-electron chi connectivity index (χ0n) is 7.47. The van der Waals surface area contributed by atoms with E-state index in [4.69, 9.17) is 9.84 Å². The number of carbonyl (C=O) groups is 1. The SMILES string of the molecule is C=COC(=O)OCc1ccc(O)cc1. The molecule has 0 bridgehead atoms. The van der Waals surface area contributed by atoms with E-state index in [9.17, 15) is 4.79 Å². The van der Waals surface area contributed by atoms with Crippen molar-refractivity contribution in [3.63, 3.8) is 0 Å². The smallest absolute Gasteiger partial charge is 0.508 e. The molecule has 1 aromatic carbocycles. The van der Waals surface area contributed by atoms with Crippen LogP contribution in [0.2, 0.25) is 0 Å². The maximum Gasteiger partial charge on any atom is 0.513 e. The number of hydrogen-bond acceptors (Lipinski definition) is 4. The van der Waals surface area contributed by atoms with E-state index in [0.717, 1.165) is 11.8 Å². The van der Waals surface area contributed by atoms with E-state index in [1.807, 2.05) is 0 Å². The highest BCUT2D eigenvalue weighted by molar-refractivity contribution is 5.60. The molecule has 1 N–H and O–H groups in total. The summed E-state index contributed by atoms with van der Waals surface area (Å²) in [7, 11) is 0. The first-order valence-corrected chi connectivity index (χ1v) is 3.94. The fraction of sp³-hybridized carbons (Fsp3) is 0.100. The molecule has 0 radical (unpaired) electrons. The zero-order chi connectivity index (χ0) is 10.4. The molecule has 1 aromatic rings. The largest absolute Gasteiger partial charge is 0.513 e. The lowest BCUT2D eigenvalue weighted by atomic mass is 10.2. The van der Waals surface area contributed by atoms with Crippen LogP contribution in [0.3, 0.4) is 0 Å². The van der Waals surface area contributed by atoms with Gasteiger partial charge in [0.1, 0.15) is 12.4 Å². The summed E-state index contributed by atoms with van der Waals surface area (Å²) in [5.41, 5.74) is 0.767. The van der Waals surface area contributed by atoms with Crippen LogP contribution in [0.15, 0.2) is 37.1 Å². The lowest BCUT2D eigenvalue weighted by molar-refractivity contribution is 0.0788. The Morgan fingerprint density at radius 2 is 2.07 bits per heavy atom. The predicted octanol–water partition coefficient (Wildman–Crippen LogP) is 2.19. The van der Waals surface area contributed by atoms with Crippen LogP contribution in [0, 0.1) is 0 Å². The van der Waals surface area contributed by atoms with E-state index in [-0.39, 0.29) is 12.4 Å². The van der Waals surface area contributed by atoms with Gasteiger partial charge in [-0.3, -0.25) is 0 Å². The van der Waals surface area contributed by atoms with Crippen molar-refractivity contribution in [3.8, 4) is 5.75 Å². The van der Waals surface area contributed by atoms with Gasteiger partial charge in [0, 0.05) is 0 Å². The van der Waals surface area contributed by atoms with E-state index in [2.05, 4.69) is 11.3 Å². The molecule has 0 fully saturated rings. The molecule has 0 aliphatic rings. The fourth-order valence-corrected chi connectivity index (χ4v) is 0.836. The Hall–Kier alpha value is -1.97. The maximum absolute atomic E-state index is 10.7. The Kier molecular flexibility index (Phi) is 3.55. The molecular weight excluding hydrogens is 184 g/mol. The van der Waals surface area contributed by atoms with Crippen LogP contribution in [0.25, 0.3) is 0 Å². The Bertz CT molecular complexity index is 315. The van der Waals surface area contributed by atoms with Crippen LogP contribution in [0.4, 0.5) is 4.79 Å². The highest BCUT2D eigenvalue weighted by Gasteiger charge is 2.01. The average molecular weight is 194 g/mol. The molecule has 0 atom stereocenters. The third kappa shape index (κ3) is 3.18. The van der Waals surface area contributed by atoms with E-state index < -0.39 is 6.16 Å². The number of carbonyl (C=O) groups excluding carboxylic acids is 1. The third-order valence-electron chi connectivity index (χ3n) is 1.47. The first-order valence-electron chi connectivity index (χ1n) is 3.94. The summed E-state index contributed by atoms with van der Waals surface area (Å²) in [6, 6.07) is 6.32. The summed E-state index contributed by atoms with van der Waals surface area (Å²) in [5, 5.41) is 8.97. The van der Waals surface area contributed by atoms with Crippen LogP contribution in [0.1, 0.15) is 5.56 Å². The minimum atomic E-state index is -0.798. The van der Waals surface area contributed by atoms with Gasteiger partial charge in [0.15, 0.2) is 0 Å². The van der Waals surface area contributed by atoms with Crippen molar-refractivity contribution in [1.82, 2.24) is 0 Å². The number of phenols is 1. The van der Waals surface area contributed by atoms with Crippen molar-refractivity contribution < 1.29 is 19.4 Å². The molecule has 14 heavy (non-hydrogen) atoms. The summed E-state index contributed by atoms with van der Waals surface area (Å²) in [5.74, 6) is 0.169. The molecule has 4 heteroatoms. The first kappa shape index (κ1) is 10.1. The molecule has 0 spiro atoms. The van der Waals surface area contributed by atoms with Gasteiger partial charge in [-0.15, -0.1) is 0 Å². The van der Waals surface area contributed by atoms with Crippen LogP contribution in [-0.2, 0) is 16.1 Å². The molecule has 0 saturated carbocycles. The normalized spacial score (nSPS) is 9.14. The Balaban J connectivity index is 2.41. The molecule has 0 aliphatic heterocycles. The highest BCUT2D eigenvalue weighted by Crippen LogP contribution is 2.10. The second-order valence-corrected chi connectivity index (χ2v) is 2.49. The molecular formula is C10H10O4. The van der Waals surface area contributed by atoms with Gasteiger partial charge in [-0.05, 0) is 17.7 Å². The topological polar surface area (TPSA) is 55.8 Å². The molecule has 0 unspecified atom stereocenters. The number of ether oxygens (including phenoxy) is 2. The van der Waals surface area contributed by atoms with Gasteiger partial charge in [0.05, 0.1) is 6.26 Å². The van der Waals surface area contributed by atoms with Crippen molar-refractivity contribution in [1.29, 1.82) is 0 Å². The maximum atomic E-state index is 10.7.